The van der Waals surface area contributed by atoms with Gasteiger partial charge in [-0.1, -0.05) is 170 Å². The summed E-state index contributed by atoms with van der Waals surface area (Å²) in [4.78, 5) is 15.2. The Kier molecular flexibility index (Phi) is 7.78. The fraction of sp³-hybridized carbons (Fsp3) is 0. The van der Waals surface area contributed by atoms with Gasteiger partial charge in [0.2, 0.25) is 0 Å². The molecule has 0 aliphatic rings. The summed E-state index contributed by atoms with van der Waals surface area (Å²) in [5, 5.41) is 7.03. The lowest BCUT2D eigenvalue weighted by molar-refractivity contribution is 0.669. The molecule has 0 radical (unpaired) electrons. The monoisotopic (exact) mass is 727 g/mol. The molecule has 2 aromatic heterocycles. The summed E-state index contributed by atoms with van der Waals surface area (Å²) < 4.78 is 6.57. The van der Waals surface area contributed by atoms with Gasteiger partial charge in [-0.15, -0.1) is 0 Å². The van der Waals surface area contributed by atoms with E-state index in [2.05, 4.69) is 164 Å². The molecule has 4 heteroatoms. The van der Waals surface area contributed by atoms with Crippen molar-refractivity contribution in [1.82, 2.24) is 15.0 Å². The topological polar surface area (TPSA) is 51.8 Å². The zero-order chi connectivity index (χ0) is 37.7. The van der Waals surface area contributed by atoms with E-state index in [0.29, 0.717) is 17.5 Å². The third-order valence-corrected chi connectivity index (χ3v) is 10.9. The second-order valence-electron chi connectivity index (χ2n) is 14.4. The van der Waals surface area contributed by atoms with E-state index in [-0.39, 0.29) is 0 Å². The second kappa shape index (κ2) is 13.6. The molecule has 0 atom stereocenters. The van der Waals surface area contributed by atoms with E-state index in [9.17, 15) is 0 Å². The highest BCUT2D eigenvalue weighted by Gasteiger charge is 2.17. The van der Waals surface area contributed by atoms with Gasteiger partial charge in [0.1, 0.15) is 11.2 Å². The predicted octanol–water partition coefficient (Wildman–Crippen LogP) is 14.1. The van der Waals surface area contributed by atoms with Gasteiger partial charge in [-0.3, -0.25) is 0 Å². The number of hydrogen-bond donors (Lipinski definition) is 0. The van der Waals surface area contributed by atoms with Gasteiger partial charge in [0.25, 0.3) is 0 Å². The molecule has 266 valence electrons. The van der Waals surface area contributed by atoms with Gasteiger partial charge in [-0.05, 0) is 85.3 Å². The molecule has 57 heavy (non-hydrogen) atoms. The molecular weight excluding hydrogens is 695 g/mol. The lowest BCUT2D eigenvalue weighted by atomic mass is 9.96. The first-order valence-electron chi connectivity index (χ1n) is 19.2. The highest BCUT2D eigenvalue weighted by Crippen LogP contribution is 2.39. The quantitative estimate of drug-likeness (QED) is 0.171. The van der Waals surface area contributed by atoms with Crippen LogP contribution in [0.25, 0.3) is 111 Å². The Hall–Kier alpha value is -7.69. The van der Waals surface area contributed by atoms with E-state index in [1.54, 1.807) is 0 Å². The zero-order valence-electron chi connectivity index (χ0n) is 30.8. The minimum absolute atomic E-state index is 0.585. The molecule has 0 bridgehead atoms. The Balaban J connectivity index is 0.991. The van der Waals surface area contributed by atoms with Gasteiger partial charge in [-0.2, -0.15) is 0 Å². The van der Waals surface area contributed by atoms with Gasteiger partial charge < -0.3 is 4.42 Å². The Labute approximate surface area is 329 Å². The Morgan fingerprint density at radius 1 is 0.281 bits per heavy atom. The third kappa shape index (κ3) is 5.92. The van der Waals surface area contributed by atoms with Crippen molar-refractivity contribution < 1.29 is 4.42 Å². The van der Waals surface area contributed by atoms with Crippen molar-refractivity contribution in [1.29, 1.82) is 0 Å². The van der Waals surface area contributed by atoms with Crippen LogP contribution in [0.5, 0.6) is 0 Å². The van der Waals surface area contributed by atoms with E-state index in [1.165, 1.54) is 38.2 Å². The fourth-order valence-corrected chi connectivity index (χ4v) is 8.07. The first-order chi connectivity index (χ1) is 28.2. The van der Waals surface area contributed by atoms with Crippen molar-refractivity contribution in [2.75, 3.05) is 0 Å². The van der Waals surface area contributed by atoms with Gasteiger partial charge in [-0.25, -0.2) is 15.0 Å². The van der Waals surface area contributed by atoms with E-state index in [4.69, 9.17) is 19.4 Å². The molecule has 11 aromatic rings. The van der Waals surface area contributed by atoms with Gasteiger partial charge in [0, 0.05) is 27.5 Å². The van der Waals surface area contributed by atoms with Crippen molar-refractivity contribution in [3.05, 3.63) is 200 Å². The van der Waals surface area contributed by atoms with Crippen LogP contribution in [0.15, 0.2) is 205 Å². The molecule has 0 N–H and O–H groups in total. The Morgan fingerprint density at radius 3 is 1.70 bits per heavy atom. The van der Waals surface area contributed by atoms with Crippen LogP contribution in [0.1, 0.15) is 0 Å². The molecule has 0 amide bonds. The van der Waals surface area contributed by atoms with Crippen molar-refractivity contribution in [2.24, 2.45) is 0 Å². The van der Waals surface area contributed by atoms with Crippen molar-refractivity contribution in [3.63, 3.8) is 0 Å². The molecule has 11 rings (SSSR count). The maximum Gasteiger partial charge on any atom is 0.164 e. The normalized spacial score (nSPS) is 11.5. The number of hydrogen-bond acceptors (Lipinski definition) is 4. The molecular formula is C53H33N3O. The third-order valence-electron chi connectivity index (χ3n) is 10.9. The number of rotatable bonds is 6. The molecule has 0 aliphatic heterocycles. The maximum absolute atomic E-state index is 6.57. The lowest BCUT2D eigenvalue weighted by Crippen LogP contribution is -2.00. The SMILES string of the molecule is c1ccc(-c2nc(-c3cccc(-c4cccc5ccccc45)c3)nc(-c3ccc4c(c3)oc3cccc(-c5ccc(-c6ccc7ccccc7c6)cc5)c34)n2)cc1. The smallest absolute Gasteiger partial charge is 0.164 e. The summed E-state index contributed by atoms with van der Waals surface area (Å²) in [6, 6.07) is 70.0. The van der Waals surface area contributed by atoms with Crippen LogP contribution in [-0.2, 0) is 0 Å². The second-order valence-corrected chi connectivity index (χ2v) is 14.4. The van der Waals surface area contributed by atoms with Gasteiger partial charge in [0.05, 0.1) is 0 Å². The van der Waals surface area contributed by atoms with Crippen molar-refractivity contribution >= 4 is 43.5 Å². The van der Waals surface area contributed by atoms with Crippen LogP contribution in [0.3, 0.4) is 0 Å². The molecule has 0 aliphatic carbocycles. The van der Waals surface area contributed by atoms with Gasteiger partial charge >= 0.3 is 0 Å². The zero-order valence-corrected chi connectivity index (χ0v) is 30.8. The molecule has 0 fully saturated rings. The summed E-state index contributed by atoms with van der Waals surface area (Å²) in [5.74, 6) is 1.81. The molecule has 9 aromatic carbocycles. The first-order valence-corrected chi connectivity index (χ1v) is 19.2. The minimum Gasteiger partial charge on any atom is -0.456 e. The molecule has 0 spiro atoms. The van der Waals surface area contributed by atoms with Crippen LogP contribution >= 0.6 is 0 Å². The summed E-state index contributed by atoms with van der Waals surface area (Å²) in [6.07, 6.45) is 0. The van der Waals surface area contributed by atoms with E-state index >= 15 is 0 Å². The molecule has 0 unspecified atom stereocenters. The molecule has 4 nitrogen and oxygen atoms in total. The highest BCUT2D eigenvalue weighted by molar-refractivity contribution is 6.13. The average molecular weight is 728 g/mol. The van der Waals surface area contributed by atoms with Crippen LogP contribution < -0.4 is 0 Å². The van der Waals surface area contributed by atoms with E-state index < -0.39 is 0 Å². The minimum atomic E-state index is 0.585. The lowest BCUT2D eigenvalue weighted by Gasteiger charge is -2.11. The van der Waals surface area contributed by atoms with E-state index in [1.807, 2.05) is 36.4 Å². The Bertz CT molecular complexity index is 3290. The van der Waals surface area contributed by atoms with Crippen LogP contribution in [-0.4, -0.2) is 15.0 Å². The number of fused-ring (bicyclic) bond motifs is 5. The molecule has 0 saturated heterocycles. The summed E-state index contributed by atoms with van der Waals surface area (Å²) >= 11 is 0. The van der Waals surface area contributed by atoms with Crippen LogP contribution in [0, 0.1) is 0 Å². The van der Waals surface area contributed by atoms with Crippen LogP contribution in [0.4, 0.5) is 0 Å². The summed E-state index contributed by atoms with van der Waals surface area (Å²) in [5.41, 5.74) is 11.2. The molecule has 2 heterocycles. The number of nitrogens with zero attached hydrogens (tertiary/aromatic N) is 3. The molecule has 0 saturated carbocycles. The highest BCUT2D eigenvalue weighted by atomic mass is 16.3. The van der Waals surface area contributed by atoms with Gasteiger partial charge in [0.15, 0.2) is 17.5 Å². The van der Waals surface area contributed by atoms with Crippen LogP contribution in [0.2, 0.25) is 0 Å². The number of aromatic nitrogens is 3. The summed E-state index contributed by atoms with van der Waals surface area (Å²) in [6.45, 7) is 0. The average Bonchev–Trinajstić information content (AvgIpc) is 3.67. The van der Waals surface area contributed by atoms with Crippen molar-refractivity contribution in [2.45, 2.75) is 0 Å². The Morgan fingerprint density at radius 2 is 0.860 bits per heavy atom. The first kappa shape index (κ1) is 32.7. The van der Waals surface area contributed by atoms with E-state index in [0.717, 1.165) is 55.3 Å². The number of benzene rings is 9. The summed E-state index contributed by atoms with van der Waals surface area (Å²) in [7, 11) is 0. The predicted molar refractivity (Wildman–Crippen MR) is 235 cm³/mol. The van der Waals surface area contributed by atoms with Crippen molar-refractivity contribution in [3.8, 4) is 67.5 Å². The largest absolute Gasteiger partial charge is 0.456 e. The fourth-order valence-electron chi connectivity index (χ4n) is 8.07. The number of furan rings is 1. The standard InChI is InChI=1S/C53H33N3O/c1-2-13-38(14-3-1)51-54-52(42-18-8-17-41(32-42)45-20-9-16-36-12-6-7-19-44(36)45)56-53(55-51)43-29-30-47-49(33-43)57-48-22-10-21-46(50(47)48)37-26-23-35(24-27-37)40-28-25-34-11-4-5-15-39(34)31-40/h1-33H. The maximum atomic E-state index is 6.57.